The summed E-state index contributed by atoms with van der Waals surface area (Å²) >= 11 is 0. The van der Waals surface area contributed by atoms with Crippen LogP contribution in [0.15, 0.2) is 60.8 Å². The van der Waals surface area contributed by atoms with Crippen molar-refractivity contribution < 1.29 is 63.3 Å². The number of unbranched alkanes of at least 4 members (excludes halogenated alkanes) is 2. The average molecular weight is 1190 g/mol. The zero-order chi connectivity index (χ0) is 62.3. The molecule has 0 spiro atoms. The summed E-state index contributed by atoms with van der Waals surface area (Å²) in [6.07, 6.45) is 3.75. The van der Waals surface area contributed by atoms with Crippen LogP contribution in [-0.4, -0.2) is 228 Å². The van der Waals surface area contributed by atoms with E-state index in [2.05, 4.69) is 53.1 Å². The Morgan fingerprint density at radius 2 is 1.12 bits per heavy atom. The van der Waals surface area contributed by atoms with Crippen molar-refractivity contribution in [2.45, 2.75) is 95.8 Å². The normalized spacial score (nSPS) is 15.3. The van der Waals surface area contributed by atoms with E-state index in [1.807, 2.05) is 43.0 Å². The Bertz CT molecular complexity index is 2660. The van der Waals surface area contributed by atoms with E-state index >= 15 is 0 Å². The number of aromatic amines is 1. The van der Waals surface area contributed by atoms with E-state index in [9.17, 15) is 63.3 Å². The molecule has 1 aliphatic rings. The molecule has 0 radical (unpaired) electrons. The number of para-hydroxylation sites is 1. The van der Waals surface area contributed by atoms with Gasteiger partial charge in [0.15, 0.2) is 5.96 Å². The van der Waals surface area contributed by atoms with E-state index in [1.165, 1.54) is 0 Å². The van der Waals surface area contributed by atoms with Gasteiger partial charge >= 0.3 is 23.9 Å². The number of aromatic nitrogens is 1. The van der Waals surface area contributed by atoms with Crippen LogP contribution in [0, 0.1) is 11.3 Å². The first-order valence-electron chi connectivity index (χ1n) is 28.5. The molecule has 29 nitrogen and oxygen atoms in total. The fourth-order valence-corrected chi connectivity index (χ4v) is 9.45. The molecule has 0 saturated carbocycles. The van der Waals surface area contributed by atoms with Gasteiger partial charge in [-0.1, -0.05) is 68.8 Å². The molecule has 468 valence electrons. The van der Waals surface area contributed by atoms with E-state index in [0.717, 1.165) is 16.5 Å². The summed E-state index contributed by atoms with van der Waals surface area (Å²) in [6.45, 7) is 5.32. The van der Waals surface area contributed by atoms with Crippen molar-refractivity contribution in [1.82, 2.24) is 72.7 Å². The van der Waals surface area contributed by atoms with Crippen LogP contribution in [-0.2, 0) is 56.0 Å². The molecule has 1 aromatic heterocycles. The molecule has 0 unspecified atom stereocenters. The molecule has 2 aromatic carbocycles. The Kier molecular flexibility index (Phi) is 30.1. The first-order chi connectivity index (χ1) is 40.6. The number of urea groups is 1. The van der Waals surface area contributed by atoms with Gasteiger partial charge in [0, 0.05) is 109 Å². The van der Waals surface area contributed by atoms with Gasteiger partial charge in [-0.15, -0.1) is 0 Å². The van der Waals surface area contributed by atoms with E-state index in [-0.39, 0.29) is 142 Å². The van der Waals surface area contributed by atoms with Crippen molar-refractivity contribution in [3.05, 3.63) is 71.9 Å². The third-order valence-corrected chi connectivity index (χ3v) is 14.0. The first kappa shape index (κ1) is 69.1. The second kappa shape index (κ2) is 37.0. The second-order valence-corrected chi connectivity index (χ2v) is 21.3. The van der Waals surface area contributed by atoms with E-state index in [1.54, 1.807) is 58.3 Å². The summed E-state index contributed by atoms with van der Waals surface area (Å²) in [6, 6.07) is 10.6. The van der Waals surface area contributed by atoms with Crippen molar-refractivity contribution >= 4 is 76.2 Å². The predicted octanol–water partition coefficient (Wildman–Crippen LogP) is -1.69. The number of hydrogen-bond acceptors (Lipinski definition) is 15. The minimum atomic E-state index is -1.22. The number of H-pyrrole nitrogens is 1. The van der Waals surface area contributed by atoms with Crippen LogP contribution in [0.5, 0.6) is 0 Å². The molecule has 8 amide bonds. The minimum absolute atomic E-state index is 0.0242. The first-order valence-corrected chi connectivity index (χ1v) is 28.5. The zero-order valence-electron chi connectivity index (χ0n) is 48.7. The number of carbonyl (C=O) groups is 10. The zero-order valence-corrected chi connectivity index (χ0v) is 48.7. The van der Waals surface area contributed by atoms with Gasteiger partial charge in [0.25, 0.3) is 5.91 Å². The predicted molar refractivity (Wildman–Crippen MR) is 314 cm³/mol. The molecule has 85 heavy (non-hydrogen) atoms. The van der Waals surface area contributed by atoms with Gasteiger partial charge in [0.1, 0.15) is 24.2 Å². The number of carboxylic acid groups (broad SMARTS) is 3. The van der Waals surface area contributed by atoms with Gasteiger partial charge < -0.3 is 63.3 Å². The Labute approximate surface area is 494 Å². The van der Waals surface area contributed by atoms with Crippen LogP contribution in [0.4, 0.5) is 4.79 Å². The maximum absolute atomic E-state index is 14.0. The van der Waals surface area contributed by atoms with Crippen molar-refractivity contribution in [2.75, 3.05) is 98.7 Å². The highest BCUT2D eigenvalue weighted by Crippen LogP contribution is 2.19. The van der Waals surface area contributed by atoms with Crippen molar-refractivity contribution in [3.8, 4) is 0 Å². The lowest BCUT2D eigenvalue weighted by Gasteiger charge is -2.32. The fraction of sp³-hybridized carbons (Fsp3) is 0.554. The van der Waals surface area contributed by atoms with Crippen molar-refractivity contribution in [3.63, 3.8) is 0 Å². The highest BCUT2D eigenvalue weighted by atomic mass is 16.4. The summed E-state index contributed by atoms with van der Waals surface area (Å²) in [5.74, 6) is -7.05. The number of benzene rings is 2. The number of carboxylic acids is 3. The standard InChI is InChI=1S/C56H86N16O13/c1-37(2)29-44(53(83)64-42(17-12-20-61-55(58)59-3)52(82)65-43(51(57)81)31-39-32-62-41-16-10-9-15-40(39)41)66-56(85)68-67-54(84)45(30-38-13-6-4-7-14-38)63-46(73)18-8-5-11-19-60-47(74)33-69-21-23-70(34-48(75)76)25-27-72(36-50(79)80)28-26-71(24-22-69)35-49(77)78/h4,6-7,9-10,13-16,32,37,42-45,62H,5,8,11-12,17-31,33-36H2,1-3H3,(H2,57,81)(H,60,74)(H,63,73)(H,64,83)(H,65,82)(H,67,84)(H,75,76)(H,77,78)(H,79,80)(H3,58,59,61)(H2,66,68,85)/t42-,43-,44-,45-/m0/s1. The number of nitrogens with two attached hydrogens (primary N) is 1. The number of primary amides is 1. The third kappa shape index (κ3) is 27.2. The summed E-state index contributed by atoms with van der Waals surface area (Å²) in [5, 5.41) is 56.3. The number of hydrazine groups is 1. The Morgan fingerprint density at radius 1 is 0.576 bits per heavy atom. The van der Waals surface area contributed by atoms with Gasteiger partial charge in [-0.05, 0) is 55.2 Å². The van der Waals surface area contributed by atoms with Crippen LogP contribution >= 0.6 is 0 Å². The molecular weight excluding hydrogens is 1100 g/mol. The Morgan fingerprint density at radius 3 is 1.68 bits per heavy atom. The van der Waals surface area contributed by atoms with E-state index < -0.39 is 77.6 Å². The third-order valence-electron chi connectivity index (χ3n) is 14.0. The van der Waals surface area contributed by atoms with Crippen LogP contribution < -0.4 is 53.8 Å². The fourth-order valence-electron chi connectivity index (χ4n) is 9.45. The molecule has 29 heteroatoms. The van der Waals surface area contributed by atoms with Crippen LogP contribution in [0.2, 0.25) is 0 Å². The van der Waals surface area contributed by atoms with E-state index in [4.69, 9.17) is 11.1 Å². The molecule has 0 bridgehead atoms. The summed E-state index contributed by atoms with van der Waals surface area (Å²) in [7, 11) is 1.57. The Hall–Kier alpha value is -8.41. The molecular formula is C56H86N16O13. The number of nitrogens with one attached hydrogen (secondary N) is 11. The monoisotopic (exact) mass is 1190 g/mol. The minimum Gasteiger partial charge on any atom is -0.480 e. The molecule has 4 atom stereocenters. The molecule has 4 rings (SSSR count). The average Bonchev–Trinajstić information content (AvgIpc) is 3.19. The number of carbonyl (C=O) groups excluding carboxylic acids is 7. The largest absolute Gasteiger partial charge is 0.480 e. The molecule has 16 N–H and O–H groups in total. The number of rotatable bonds is 32. The number of fused-ring (bicyclic) bond motifs is 1. The van der Waals surface area contributed by atoms with Crippen molar-refractivity contribution in [2.24, 2.45) is 11.7 Å². The van der Waals surface area contributed by atoms with E-state index in [0.29, 0.717) is 31.2 Å². The van der Waals surface area contributed by atoms with Crippen molar-refractivity contribution in [1.29, 1.82) is 5.41 Å². The molecule has 1 fully saturated rings. The molecule has 3 aromatic rings. The molecule has 1 saturated heterocycles. The van der Waals surface area contributed by atoms with Crippen LogP contribution in [0.1, 0.15) is 69.9 Å². The van der Waals surface area contributed by atoms with Gasteiger partial charge in [-0.2, -0.15) is 0 Å². The molecule has 1 aliphatic heterocycles. The number of nitrogens with zero attached hydrogens (tertiary/aromatic N) is 4. The number of guanidine groups is 1. The maximum Gasteiger partial charge on any atom is 0.334 e. The highest BCUT2D eigenvalue weighted by Gasteiger charge is 2.31. The highest BCUT2D eigenvalue weighted by molar-refractivity contribution is 5.95. The number of hydrogen-bond donors (Lipinski definition) is 15. The SMILES string of the molecule is CNC(=N)NCCC[C@H](NC(=O)[C@H](CC(C)C)NC(=O)NNC(=O)[C@H](Cc1ccccc1)NC(=O)CCCCCNC(=O)CN1CCN(CC(=O)O)CCN(CC(=O)O)CCN(CC(=O)O)CC1)C(=O)N[C@@H](Cc1c[nH]c2ccccc12)C(N)=O. The number of amides is 8. The van der Waals surface area contributed by atoms with Crippen LogP contribution in [0.25, 0.3) is 10.9 Å². The van der Waals surface area contributed by atoms with Gasteiger partial charge in [-0.25, -0.2) is 10.2 Å². The smallest absolute Gasteiger partial charge is 0.334 e. The van der Waals surface area contributed by atoms with Gasteiger partial charge in [0.2, 0.25) is 29.5 Å². The summed E-state index contributed by atoms with van der Waals surface area (Å²) < 4.78 is 0. The van der Waals surface area contributed by atoms with Gasteiger partial charge in [-0.3, -0.25) is 73.6 Å². The van der Waals surface area contributed by atoms with Gasteiger partial charge in [0.05, 0.1) is 26.2 Å². The number of aliphatic carboxylic acids is 3. The summed E-state index contributed by atoms with van der Waals surface area (Å²) in [5.41, 5.74) is 12.7. The second-order valence-electron chi connectivity index (χ2n) is 21.3. The van der Waals surface area contributed by atoms with Crippen LogP contribution in [0.3, 0.4) is 0 Å². The lowest BCUT2D eigenvalue weighted by molar-refractivity contribution is -0.140. The summed E-state index contributed by atoms with van der Waals surface area (Å²) in [4.78, 5) is 139. The quantitative estimate of drug-likeness (QED) is 0.0144. The molecule has 2 heterocycles. The Balaban J connectivity index is 1.31. The topological polar surface area (TPSA) is 418 Å². The molecule has 0 aliphatic carbocycles. The lowest BCUT2D eigenvalue weighted by Crippen LogP contribution is -2.59. The maximum atomic E-state index is 14.0. The lowest BCUT2D eigenvalue weighted by atomic mass is 10.0.